The Hall–Kier alpha value is -1.10. The molecule has 2 N–H and O–H groups in total. The number of hydrogen-bond acceptors (Lipinski definition) is 3. The van der Waals surface area contributed by atoms with E-state index in [1.807, 2.05) is 20.8 Å². The maximum atomic E-state index is 11.3. The first-order valence-corrected chi connectivity index (χ1v) is 4.92. The van der Waals surface area contributed by atoms with Crippen LogP contribution in [0.15, 0.2) is 0 Å². The van der Waals surface area contributed by atoms with E-state index in [9.17, 15) is 9.59 Å². The van der Waals surface area contributed by atoms with E-state index in [1.54, 1.807) is 0 Å². The molecule has 0 saturated carbocycles. The van der Waals surface area contributed by atoms with Gasteiger partial charge in [0.1, 0.15) is 0 Å². The molecule has 0 bridgehead atoms. The average Bonchev–Trinajstić information content (AvgIpc) is 2.08. The largest absolute Gasteiger partial charge is 0.481 e. The third-order valence-electron chi connectivity index (χ3n) is 1.67. The number of aliphatic carboxylic acids is 1. The third kappa shape index (κ3) is 7.93. The molecule has 0 aliphatic rings. The van der Waals surface area contributed by atoms with Crippen LogP contribution >= 0.6 is 0 Å². The first-order chi connectivity index (χ1) is 6.84. The molecule has 0 aromatic heterocycles. The molecule has 5 heteroatoms. The first-order valence-electron chi connectivity index (χ1n) is 4.92. The number of carboxylic acids is 1. The van der Waals surface area contributed by atoms with Crippen LogP contribution in [0, 0.1) is 5.41 Å². The van der Waals surface area contributed by atoms with Crippen molar-refractivity contribution in [3.63, 3.8) is 0 Å². The van der Waals surface area contributed by atoms with Crippen molar-refractivity contribution in [3.05, 3.63) is 0 Å². The molecule has 0 aromatic rings. The smallest absolute Gasteiger partial charge is 0.305 e. The van der Waals surface area contributed by atoms with E-state index >= 15 is 0 Å². The Labute approximate surface area is 89.8 Å². The number of carboxylic acid groups (broad SMARTS) is 1. The number of nitrogens with one attached hydrogen (secondary N) is 1. The summed E-state index contributed by atoms with van der Waals surface area (Å²) in [5.41, 5.74) is -0.402. The SMILES string of the molecule is CC(C)(C)C(=O)NCCOCCC(=O)O. The highest BCUT2D eigenvalue weighted by atomic mass is 16.5. The van der Waals surface area contributed by atoms with Gasteiger partial charge in [0.2, 0.25) is 5.91 Å². The van der Waals surface area contributed by atoms with E-state index in [1.165, 1.54) is 0 Å². The quantitative estimate of drug-likeness (QED) is 0.640. The van der Waals surface area contributed by atoms with Gasteiger partial charge in [0.15, 0.2) is 0 Å². The van der Waals surface area contributed by atoms with Gasteiger partial charge in [-0.25, -0.2) is 0 Å². The van der Waals surface area contributed by atoms with E-state index in [2.05, 4.69) is 5.32 Å². The van der Waals surface area contributed by atoms with E-state index in [0.29, 0.717) is 13.2 Å². The zero-order valence-corrected chi connectivity index (χ0v) is 9.50. The molecule has 0 fully saturated rings. The van der Waals surface area contributed by atoms with E-state index < -0.39 is 11.4 Å². The van der Waals surface area contributed by atoms with Gasteiger partial charge in [0, 0.05) is 12.0 Å². The Bertz CT molecular complexity index is 220. The van der Waals surface area contributed by atoms with Crippen LogP contribution in [0.1, 0.15) is 27.2 Å². The summed E-state index contributed by atoms with van der Waals surface area (Å²) in [4.78, 5) is 21.5. The second-order valence-corrected chi connectivity index (χ2v) is 4.26. The van der Waals surface area contributed by atoms with Gasteiger partial charge in [-0.15, -0.1) is 0 Å². The summed E-state index contributed by atoms with van der Waals surface area (Å²) >= 11 is 0. The number of carbonyl (C=O) groups excluding carboxylic acids is 1. The third-order valence-corrected chi connectivity index (χ3v) is 1.67. The van der Waals surface area contributed by atoms with Crippen LogP contribution in [0.5, 0.6) is 0 Å². The van der Waals surface area contributed by atoms with Gasteiger partial charge in [-0.3, -0.25) is 9.59 Å². The second kappa shape index (κ2) is 6.40. The van der Waals surface area contributed by atoms with Crippen molar-refractivity contribution in [2.45, 2.75) is 27.2 Å². The van der Waals surface area contributed by atoms with Gasteiger partial charge in [0.05, 0.1) is 19.6 Å². The summed E-state index contributed by atoms with van der Waals surface area (Å²) in [7, 11) is 0. The summed E-state index contributed by atoms with van der Waals surface area (Å²) in [6, 6.07) is 0. The summed E-state index contributed by atoms with van der Waals surface area (Å²) in [5.74, 6) is -0.918. The van der Waals surface area contributed by atoms with E-state index in [4.69, 9.17) is 9.84 Å². The fraction of sp³-hybridized carbons (Fsp3) is 0.800. The Morgan fingerprint density at radius 3 is 2.33 bits per heavy atom. The highest BCUT2D eigenvalue weighted by molar-refractivity contribution is 5.81. The van der Waals surface area contributed by atoms with Gasteiger partial charge < -0.3 is 15.2 Å². The molecule has 0 radical (unpaired) electrons. The summed E-state index contributed by atoms with van der Waals surface area (Å²) < 4.78 is 5.01. The van der Waals surface area contributed by atoms with E-state index in [-0.39, 0.29) is 18.9 Å². The zero-order valence-electron chi connectivity index (χ0n) is 9.50. The molecule has 0 heterocycles. The van der Waals surface area contributed by atoms with Gasteiger partial charge >= 0.3 is 5.97 Å². The molecule has 0 rings (SSSR count). The molecule has 15 heavy (non-hydrogen) atoms. The molecule has 0 aromatic carbocycles. The van der Waals surface area contributed by atoms with Crippen molar-refractivity contribution >= 4 is 11.9 Å². The van der Waals surface area contributed by atoms with Crippen LogP contribution in [0.3, 0.4) is 0 Å². The number of amides is 1. The topological polar surface area (TPSA) is 75.6 Å². The lowest BCUT2D eigenvalue weighted by Gasteiger charge is -2.17. The lowest BCUT2D eigenvalue weighted by molar-refractivity contribution is -0.138. The molecule has 1 amide bonds. The van der Waals surface area contributed by atoms with Crippen LogP contribution in [0.25, 0.3) is 0 Å². The van der Waals surface area contributed by atoms with Crippen LogP contribution in [-0.4, -0.2) is 36.7 Å². The molecule has 5 nitrogen and oxygen atoms in total. The predicted molar refractivity (Wildman–Crippen MR) is 55.5 cm³/mol. The predicted octanol–water partition coefficient (Wildman–Crippen LogP) is 0.640. The molecular weight excluding hydrogens is 198 g/mol. The van der Waals surface area contributed by atoms with Gasteiger partial charge in [-0.2, -0.15) is 0 Å². The van der Waals surface area contributed by atoms with Crippen molar-refractivity contribution in [2.75, 3.05) is 19.8 Å². The zero-order chi connectivity index (χ0) is 11.9. The maximum Gasteiger partial charge on any atom is 0.305 e. The lowest BCUT2D eigenvalue weighted by Crippen LogP contribution is -2.36. The fourth-order valence-corrected chi connectivity index (χ4v) is 0.763. The molecule has 0 unspecified atom stereocenters. The first kappa shape index (κ1) is 13.9. The minimum absolute atomic E-state index is 0.00673. The van der Waals surface area contributed by atoms with Crippen LogP contribution in [-0.2, 0) is 14.3 Å². The van der Waals surface area contributed by atoms with Crippen LogP contribution < -0.4 is 5.32 Å². The second-order valence-electron chi connectivity index (χ2n) is 4.26. The highest BCUT2D eigenvalue weighted by Crippen LogP contribution is 2.11. The summed E-state index contributed by atoms with van der Waals surface area (Å²) in [6.45, 7) is 6.42. The minimum atomic E-state index is -0.881. The van der Waals surface area contributed by atoms with Crippen molar-refractivity contribution in [1.29, 1.82) is 0 Å². The summed E-state index contributed by atoms with van der Waals surface area (Å²) in [5, 5.41) is 11.0. The monoisotopic (exact) mass is 217 g/mol. The Balaban J connectivity index is 3.40. The minimum Gasteiger partial charge on any atom is -0.481 e. The van der Waals surface area contributed by atoms with Gasteiger partial charge in [-0.1, -0.05) is 20.8 Å². The van der Waals surface area contributed by atoms with Gasteiger partial charge in [0.25, 0.3) is 0 Å². The fourth-order valence-electron chi connectivity index (χ4n) is 0.763. The standard InChI is InChI=1S/C10H19NO4/c1-10(2,3)9(14)11-5-7-15-6-4-8(12)13/h4-7H2,1-3H3,(H,11,14)(H,12,13). The Morgan fingerprint density at radius 1 is 1.27 bits per heavy atom. The Kier molecular flexibility index (Phi) is 5.93. The van der Waals surface area contributed by atoms with Crippen molar-refractivity contribution < 1.29 is 19.4 Å². The molecular formula is C10H19NO4. The maximum absolute atomic E-state index is 11.3. The van der Waals surface area contributed by atoms with Crippen LogP contribution in [0.2, 0.25) is 0 Å². The molecule has 0 atom stereocenters. The Morgan fingerprint density at radius 2 is 1.87 bits per heavy atom. The van der Waals surface area contributed by atoms with Crippen LogP contribution in [0.4, 0.5) is 0 Å². The number of hydrogen-bond donors (Lipinski definition) is 2. The lowest BCUT2D eigenvalue weighted by atomic mass is 9.96. The summed E-state index contributed by atoms with van der Waals surface area (Å²) in [6.07, 6.45) is -0.00673. The number of carbonyl (C=O) groups is 2. The van der Waals surface area contributed by atoms with Crippen molar-refractivity contribution in [1.82, 2.24) is 5.32 Å². The van der Waals surface area contributed by atoms with Gasteiger partial charge in [-0.05, 0) is 0 Å². The van der Waals surface area contributed by atoms with Crippen molar-refractivity contribution in [2.24, 2.45) is 5.41 Å². The number of ether oxygens (including phenoxy) is 1. The molecule has 0 saturated heterocycles. The van der Waals surface area contributed by atoms with Crippen molar-refractivity contribution in [3.8, 4) is 0 Å². The average molecular weight is 217 g/mol. The molecule has 0 spiro atoms. The molecule has 0 aliphatic carbocycles. The normalized spacial score (nSPS) is 11.1. The highest BCUT2D eigenvalue weighted by Gasteiger charge is 2.20. The molecule has 0 aliphatic heterocycles. The van der Waals surface area contributed by atoms with E-state index in [0.717, 1.165) is 0 Å². The number of rotatable bonds is 6. The molecule has 88 valence electrons.